The lowest BCUT2D eigenvalue weighted by atomic mass is 10.0. The molecule has 0 heterocycles. The molecule has 0 N–H and O–H groups in total. The maximum Gasteiger partial charge on any atom is 0.0580 e. The van der Waals surface area contributed by atoms with Gasteiger partial charge in [0, 0.05) is 6.61 Å². The minimum absolute atomic E-state index is 0.637. The molecule has 0 aromatic rings. The number of hydrogen-bond acceptors (Lipinski definition) is 1. The van der Waals surface area contributed by atoms with Gasteiger partial charge in [0.1, 0.15) is 0 Å². The molecule has 0 saturated heterocycles. The Morgan fingerprint density at radius 1 is 1.00 bits per heavy atom. The second kappa shape index (κ2) is 3.52. The van der Waals surface area contributed by atoms with Crippen LogP contribution in [0.1, 0.15) is 45.4 Å². The van der Waals surface area contributed by atoms with Gasteiger partial charge < -0.3 is 4.74 Å². The first kappa shape index (κ1) is 9.21. The van der Waals surface area contributed by atoms with Crippen molar-refractivity contribution in [1.29, 1.82) is 0 Å². The monoisotopic (exact) mass is 194 g/mol. The number of rotatable bonds is 3. The van der Waals surface area contributed by atoms with Crippen molar-refractivity contribution < 1.29 is 4.74 Å². The van der Waals surface area contributed by atoms with E-state index in [4.69, 9.17) is 4.74 Å². The van der Waals surface area contributed by atoms with Crippen LogP contribution in [0.5, 0.6) is 0 Å². The normalized spacial score (nSPS) is 46.9. The molecule has 1 heteroatoms. The van der Waals surface area contributed by atoms with E-state index in [0.717, 1.165) is 30.3 Å². The largest absolute Gasteiger partial charge is 0.378 e. The third kappa shape index (κ3) is 1.84. The summed E-state index contributed by atoms with van der Waals surface area (Å²) in [5.41, 5.74) is 0. The molecule has 3 aliphatic rings. The van der Waals surface area contributed by atoms with Crippen molar-refractivity contribution in [3.8, 4) is 0 Å². The zero-order chi connectivity index (χ0) is 9.54. The summed E-state index contributed by atoms with van der Waals surface area (Å²) < 4.78 is 6.00. The first-order valence-electron chi connectivity index (χ1n) is 6.43. The highest BCUT2D eigenvalue weighted by molar-refractivity contribution is 4.91. The summed E-state index contributed by atoms with van der Waals surface area (Å²) in [7, 11) is 0. The molecule has 0 aliphatic heterocycles. The Bertz CT molecular complexity index is 195. The van der Waals surface area contributed by atoms with Crippen LogP contribution in [0.3, 0.4) is 0 Å². The number of hydrogen-bond donors (Lipinski definition) is 0. The quantitative estimate of drug-likeness (QED) is 0.670. The Morgan fingerprint density at radius 2 is 1.64 bits per heavy atom. The molecule has 2 atom stereocenters. The molecular weight excluding hydrogens is 172 g/mol. The van der Waals surface area contributed by atoms with Crippen LogP contribution in [0, 0.1) is 23.7 Å². The van der Waals surface area contributed by atoms with Gasteiger partial charge in [0.15, 0.2) is 0 Å². The lowest BCUT2D eigenvalue weighted by Crippen LogP contribution is -2.12. The van der Waals surface area contributed by atoms with Crippen molar-refractivity contribution in [2.75, 3.05) is 6.61 Å². The minimum Gasteiger partial charge on any atom is -0.378 e. The highest BCUT2D eigenvalue weighted by Crippen LogP contribution is 2.47. The summed E-state index contributed by atoms with van der Waals surface area (Å²) >= 11 is 0. The van der Waals surface area contributed by atoms with Gasteiger partial charge in [-0.05, 0) is 62.2 Å². The van der Waals surface area contributed by atoms with Gasteiger partial charge in [0.05, 0.1) is 6.10 Å². The maximum absolute atomic E-state index is 6.00. The molecule has 0 amide bonds. The third-order valence-corrected chi connectivity index (χ3v) is 4.47. The Labute approximate surface area is 87.2 Å². The standard InChI is InChI=1S/C13H22O/c1-9-4-11-6-13(7-12(11)5-9)14-8-10-2-3-10/h9-13H,2-8H2,1H3. The average Bonchev–Trinajstić information content (AvgIpc) is 2.80. The van der Waals surface area contributed by atoms with Crippen molar-refractivity contribution in [2.24, 2.45) is 23.7 Å². The molecule has 3 saturated carbocycles. The molecule has 0 radical (unpaired) electrons. The number of fused-ring (bicyclic) bond motifs is 1. The molecule has 3 fully saturated rings. The van der Waals surface area contributed by atoms with Crippen molar-refractivity contribution in [2.45, 2.75) is 51.6 Å². The van der Waals surface area contributed by atoms with Crippen LogP contribution in [0.25, 0.3) is 0 Å². The van der Waals surface area contributed by atoms with E-state index in [-0.39, 0.29) is 0 Å². The molecular formula is C13H22O. The SMILES string of the molecule is CC1CC2CC(OCC3CC3)CC2C1. The summed E-state index contributed by atoms with van der Waals surface area (Å²) in [4.78, 5) is 0. The molecule has 14 heavy (non-hydrogen) atoms. The molecule has 3 aliphatic carbocycles. The molecule has 2 unspecified atom stereocenters. The van der Waals surface area contributed by atoms with E-state index in [1.165, 1.54) is 38.5 Å². The van der Waals surface area contributed by atoms with Crippen LogP contribution in [0.4, 0.5) is 0 Å². The van der Waals surface area contributed by atoms with Gasteiger partial charge >= 0.3 is 0 Å². The maximum atomic E-state index is 6.00. The summed E-state index contributed by atoms with van der Waals surface area (Å²) in [5.74, 6) is 3.98. The summed E-state index contributed by atoms with van der Waals surface area (Å²) in [6.07, 6.45) is 9.21. The van der Waals surface area contributed by atoms with Crippen LogP contribution in [-0.2, 0) is 4.74 Å². The fourth-order valence-electron chi connectivity index (χ4n) is 3.56. The average molecular weight is 194 g/mol. The second-order valence-electron chi connectivity index (χ2n) is 5.97. The minimum atomic E-state index is 0.637. The van der Waals surface area contributed by atoms with E-state index in [1.54, 1.807) is 0 Å². The summed E-state index contributed by atoms with van der Waals surface area (Å²) in [6, 6.07) is 0. The Kier molecular flexibility index (Phi) is 2.31. The summed E-state index contributed by atoms with van der Waals surface area (Å²) in [5, 5.41) is 0. The van der Waals surface area contributed by atoms with Gasteiger partial charge in [-0.15, -0.1) is 0 Å². The molecule has 0 bridgehead atoms. The van der Waals surface area contributed by atoms with Crippen molar-refractivity contribution in [3.63, 3.8) is 0 Å². The van der Waals surface area contributed by atoms with Crippen LogP contribution >= 0.6 is 0 Å². The molecule has 0 aromatic heterocycles. The van der Waals surface area contributed by atoms with Crippen LogP contribution in [0.15, 0.2) is 0 Å². The van der Waals surface area contributed by atoms with Crippen LogP contribution in [0.2, 0.25) is 0 Å². The van der Waals surface area contributed by atoms with E-state index < -0.39 is 0 Å². The fraction of sp³-hybridized carbons (Fsp3) is 1.00. The Hall–Kier alpha value is -0.0400. The van der Waals surface area contributed by atoms with Crippen molar-refractivity contribution in [1.82, 2.24) is 0 Å². The highest BCUT2D eigenvalue weighted by atomic mass is 16.5. The van der Waals surface area contributed by atoms with Crippen LogP contribution < -0.4 is 0 Å². The van der Waals surface area contributed by atoms with E-state index in [9.17, 15) is 0 Å². The Balaban J connectivity index is 1.46. The van der Waals surface area contributed by atoms with Crippen LogP contribution in [-0.4, -0.2) is 12.7 Å². The second-order valence-corrected chi connectivity index (χ2v) is 5.97. The first-order valence-corrected chi connectivity index (χ1v) is 6.43. The van der Waals surface area contributed by atoms with Crippen molar-refractivity contribution in [3.05, 3.63) is 0 Å². The molecule has 3 rings (SSSR count). The van der Waals surface area contributed by atoms with E-state index >= 15 is 0 Å². The lowest BCUT2D eigenvalue weighted by Gasteiger charge is -2.13. The molecule has 0 aromatic carbocycles. The smallest absolute Gasteiger partial charge is 0.0580 e. The van der Waals surface area contributed by atoms with Gasteiger partial charge in [0.2, 0.25) is 0 Å². The molecule has 0 spiro atoms. The van der Waals surface area contributed by atoms with Gasteiger partial charge in [-0.2, -0.15) is 0 Å². The van der Waals surface area contributed by atoms with Crippen molar-refractivity contribution >= 4 is 0 Å². The predicted octanol–water partition coefficient (Wildman–Crippen LogP) is 3.24. The van der Waals surface area contributed by atoms with E-state index in [0.29, 0.717) is 6.10 Å². The highest BCUT2D eigenvalue weighted by Gasteiger charge is 2.40. The van der Waals surface area contributed by atoms with E-state index in [1.807, 2.05) is 0 Å². The zero-order valence-electron chi connectivity index (χ0n) is 9.24. The predicted molar refractivity (Wildman–Crippen MR) is 57.1 cm³/mol. The zero-order valence-corrected chi connectivity index (χ0v) is 9.24. The summed E-state index contributed by atoms with van der Waals surface area (Å²) in [6.45, 7) is 3.48. The fourth-order valence-corrected chi connectivity index (χ4v) is 3.56. The first-order chi connectivity index (χ1) is 6.81. The van der Waals surface area contributed by atoms with Gasteiger partial charge in [0.25, 0.3) is 0 Å². The molecule has 1 nitrogen and oxygen atoms in total. The van der Waals surface area contributed by atoms with Gasteiger partial charge in [-0.3, -0.25) is 0 Å². The van der Waals surface area contributed by atoms with Gasteiger partial charge in [-0.25, -0.2) is 0 Å². The van der Waals surface area contributed by atoms with Gasteiger partial charge in [-0.1, -0.05) is 6.92 Å². The lowest BCUT2D eigenvalue weighted by molar-refractivity contribution is 0.0444. The van der Waals surface area contributed by atoms with E-state index in [2.05, 4.69) is 6.92 Å². The Morgan fingerprint density at radius 3 is 2.21 bits per heavy atom. The molecule has 80 valence electrons. The third-order valence-electron chi connectivity index (χ3n) is 4.47. The number of ether oxygens (including phenoxy) is 1. The topological polar surface area (TPSA) is 9.23 Å².